The molecule has 0 spiro atoms. The van der Waals surface area contributed by atoms with Gasteiger partial charge in [-0.3, -0.25) is 4.79 Å². The maximum Gasteiger partial charge on any atom is 0.387 e. The van der Waals surface area contributed by atoms with Gasteiger partial charge in [-0.25, -0.2) is 17.5 Å². The van der Waals surface area contributed by atoms with Crippen LogP contribution in [0, 0.1) is 5.82 Å². The Balaban J connectivity index is 2.23. The molecule has 10 heteroatoms. The van der Waals surface area contributed by atoms with Gasteiger partial charge in [0.25, 0.3) is 5.91 Å². The summed E-state index contributed by atoms with van der Waals surface area (Å²) in [5.41, 5.74) is -0.00868. The lowest BCUT2D eigenvalue weighted by molar-refractivity contribution is -0.0499. The molecular weight excluding hydrogens is 409 g/mol. The number of benzene rings is 2. The van der Waals surface area contributed by atoms with Crippen LogP contribution in [0.15, 0.2) is 47.4 Å². The fraction of sp³-hybridized carbons (Fsp3) is 0.316. The van der Waals surface area contributed by atoms with Gasteiger partial charge in [0.15, 0.2) is 0 Å². The van der Waals surface area contributed by atoms with E-state index in [0.29, 0.717) is 5.56 Å². The second kappa shape index (κ2) is 9.27. The molecule has 2 rings (SSSR count). The molecular formula is C19H21F3N2O4S. The average Bonchev–Trinajstić information content (AvgIpc) is 2.60. The number of nitrogens with one attached hydrogen (secondary N) is 2. The van der Waals surface area contributed by atoms with Crippen molar-refractivity contribution >= 4 is 15.9 Å². The van der Waals surface area contributed by atoms with Gasteiger partial charge < -0.3 is 10.1 Å². The predicted octanol–water partition coefficient (Wildman–Crippen LogP) is 3.60. The third-order valence-corrected chi connectivity index (χ3v) is 5.47. The second-order valence-electron chi connectivity index (χ2n) is 6.56. The highest BCUT2D eigenvalue weighted by atomic mass is 32.2. The standard InChI is InChI=1S/C19H21F3N2O4S/c1-11(2)24-29(26,27)15-7-8-17(20)16(10-15)18(25)23-12(3)13-5-4-6-14(9-13)28-19(21)22/h4-12,19,24H,1-3H3,(H,23,25). The van der Waals surface area contributed by atoms with Gasteiger partial charge >= 0.3 is 6.61 Å². The molecule has 0 aromatic heterocycles. The van der Waals surface area contributed by atoms with E-state index in [2.05, 4.69) is 14.8 Å². The number of sulfonamides is 1. The molecule has 0 fully saturated rings. The van der Waals surface area contributed by atoms with E-state index < -0.39 is 40.0 Å². The molecule has 2 aromatic rings. The first-order valence-electron chi connectivity index (χ1n) is 8.67. The minimum Gasteiger partial charge on any atom is -0.435 e. The molecule has 0 aliphatic carbocycles. The van der Waals surface area contributed by atoms with Crippen LogP contribution in [0.1, 0.15) is 42.7 Å². The third kappa shape index (κ3) is 6.20. The molecule has 2 N–H and O–H groups in total. The maximum absolute atomic E-state index is 14.2. The summed E-state index contributed by atoms with van der Waals surface area (Å²) in [7, 11) is -3.91. The Morgan fingerprint density at radius 1 is 1.07 bits per heavy atom. The van der Waals surface area contributed by atoms with Crippen molar-refractivity contribution in [2.24, 2.45) is 0 Å². The number of hydrogen-bond donors (Lipinski definition) is 2. The van der Waals surface area contributed by atoms with Crippen LogP contribution < -0.4 is 14.8 Å². The zero-order chi connectivity index (χ0) is 21.8. The molecule has 0 saturated carbocycles. The van der Waals surface area contributed by atoms with Crippen molar-refractivity contribution in [3.8, 4) is 5.75 Å². The van der Waals surface area contributed by atoms with Crippen molar-refractivity contribution in [2.45, 2.75) is 44.4 Å². The SMILES string of the molecule is CC(C)NS(=O)(=O)c1ccc(F)c(C(=O)NC(C)c2cccc(OC(F)F)c2)c1. The summed E-state index contributed by atoms with van der Waals surface area (Å²) in [4.78, 5) is 12.2. The van der Waals surface area contributed by atoms with E-state index in [1.807, 2.05) is 0 Å². The van der Waals surface area contributed by atoms with E-state index in [1.54, 1.807) is 26.8 Å². The van der Waals surface area contributed by atoms with Gasteiger partial charge in [-0.1, -0.05) is 12.1 Å². The Bertz CT molecular complexity index is 981. The molecule has 1 unspecified atom stereocenters. The average molecular weight is 430 g/mol. The normalized spacial score (nSPS) is 12.8. The number of ether oxygens (including phenoxy) is 1. The molecule has 1 atom stereocenters. The van der Waals surface area contributed by atoms with E-state index in [1.165, 1.54) is 18.2 Å². The van der Waals surface area contributed by atoms with Crippen molar-refractivity contribution in [3.63, 3.8) is 0 Å². The Hall–Kier alpha value is -2.59. The second-order valence-corrected chi connectivity index (χ2v) is 8.28. The minimum absolute atomic E-state index is 0.0855. The lowest BCUT2D eigenvalue weighted by atomic mass is 10.1. The monoisotopic (exact) mass is 430 g/mol. The summed E-state index contributed by atoms with van der Waals surface area (Å²) < 4.78 is 70.0. The molecule has 0 aliphatic rings. The van der Waals surface area contributed by atoms with Crippen molar-refractivity contribution < 1.29 is 31.1 Å². The zero-order valence-corrected chi connectivity index (χ0v) is 16.8. The van der Waals surface area contributed by atoms with Crippen LogP contribution in [0.2, 0.25) is 0 Å². The first kappa shape index (κ1) is 22.7. The number of rotatable bonds is 8. The fourth-order valence-electron chi connectivity index (χ4n) is 2.54. The summed E-state index contributed by atoms with van der Waals surface area (Å²) in [5, 5.41) is 2.52. The Morgan fingerprint density at radius 2 is 1.76 bits per heavy atom. The number of alkyl halides is 2. The molecule has 1 amide bonds. The lowest BCUT2D eigenvalue weighted by Gasteiger charge is -2.16. The third-order valence-electron chi connectivity index (χ3n) is 3.81. The fourth-order valence-corrected chi connectivity index (χ4v) is 3.82. The van der Waals surface area contributed by atoms with E-state index in [0.717, 1.165) is 18.2 Å². The van der Waals surface area contributed by atoms with Crippen LogP contribution in [0.4, 0.5) is 13.2 Å². The Kier molecular flexibility index (Phi) is 7.26. The molecule has 6 nitrogen and oxygen atoms in total. The van der Waals surface area contributed by atoms with Crippen molar-refractivity contribution in [1.29, 1.82) is 0 Å². The number of hydrogen-bond acceptors (Lipinski definition) is 4. The van der Waals surface area contributed by atoms with E-state index in [4.69, 9.17) is 0 Å². The van der Waals surface area contributed by atoms with E-state index >= 15 is 0 Å². The molecule has 158 valence electrons. The van der Waals surface area contributed by atoms with Gasteiger partial charge in [-0.15, -0.1) is 0 Å². The van der Waals surface area contributed by atoms with Gasteiger partial charge in [0, 0.05) is 6.04 Å². The summed E-state index contributed by atoms with van der Waals surface area (Å²) in [6.45, 7) is 1.83. The van der Waals surface area contributed by atoms with E-state index in [-0.39, 0.29) is 16.7 Å². The van der Waals surface area contributed by atoms with Crippen LogP contribution in [0.5, 0.6) is 5.75 Å². The quantitative estimate of drug-likeness (QED) is 0.670. The molecule has 0 aliphatic heterocycles. The first-order chi connectivity index (χ1) is 13.5. The van der Waals surface area contributed by atoms with Gasteiger partial charge in [0.05, 0.1) is 16.5 Å². The van der Waals surface area contributed by atoms with Gasteiger partial charge in [0.2, 0.25) is 10.0 Å². The summed E-state index contributed by atoms with van der Waals surface area (Å²) >= 11 is 0. The minimum atomic E-state index is -3.91. The predicted molar refractivity (Wildman–Crippen MR) is 101 cm³/mol. The van der Waals surface area contributed by atoms with Gasteiger partial charge in [-0.2, -0.15) is 8.78 Å². The first-order valence-corrected chi connectivity index (χ1v) is 10.2. The number of amides is 1. The summed E-state index contributed by atoms with van der Waals surface area (Å²) in [6.07, 6.45) is 0. The zero-order valence-electron chi connectivity index (χ0n) is 15.9. The molecule has 0 bridgehead atoms. The summed E-state index contributed by atoms with van der Waals surface area (Å²) in [5.74, 6) is -1.83. The molecule has 0 radical (unpaired) electrons. The van der Waals surface area contributed by atoms with Crippen molar-refractivity contribution in [1.82, 2.24) is 10.0 Å². The number of halogens is 3. The van der Waals surface area contributed by atoms with Crippen LogP contribution in [-0.4, -0.2) is 27.0 Å². The van der Waals surface area contributed by atoms with E-state index in [9.17, 15) is 26.4 Å². The van der Waals surface area contributed by atoms with Gasteiger partial charge in [0.1, 0.15) is 11.6 Å². The van der Waals surface area contributed by atoms with Crippen LogP contribution in [0.25, 0.3) is 0 Å². The van der Waals surface area contributed by atoms with Crippen LogP contribution in [0.3, 0.4) is 0 Å². The number of carbonyl (C=O) groups is 1. The summed E-state index contributed by atoms with van der Waals surface area (Å²) in [6, 6.07) is 7.53. The van der Waals surface area contributed by atoms with Crippen molar-refractivity contribution in [3.05, 3.63) is 59.4 Å². The number of carbonyl (C=O) groups excluding carboxylic acids is 1. The van der Waals surface area contributed by atoms with Gasteiger partial charge in [-0.05, 0) is 56.7 Å². The van der Waals surface area contributed by atoms with Crippen LogP contribution in [-0.2, 0) is 10.0 Å². The maximum atomic E-state index is 14.2. The van der Waals surface area contributed by atoms with Crippen LogP contribution >= 0.6 is 0 Å². The molecule has 2 aromatic carbocycles. The highest BCUT2D eigenvalue weighted by molar-refractivity contribution is 7.89. The molecule has 0 saturated heterocycles. The molecule has 0 heterocycles. The largest absolute Gasteiger partial charge is 0.435 e. The smallest absolute Gasteiger partial charge is 0.387 e. The molecule has 29 heavy (non-hydrogen) atoms. The topological polar surface area (TPSA) is 84.5 Å². The Labute approximate surface area is 167 Å². The lowest BCUT2D eigenvalue weighted by Crippen LogP contribution is -2.31. The highest BCUT2D eigenvalue weighted by Crippen LogP contribution is 2.22. The van der Waals surface area contributed by atoms with Crippen molar-refractivity contribution in [2.75, 3.05) is 0 Å². The Morgan fingerprint density at radius 3 is 2.38 bits per heavy atom. The highest BCUT2D eigenvalue weighted by Gasteiger charge is 2.21.